The Morgan fingerprint density at radius 1 is 1.50 bits per heavy atom. The van der Waals surface area contributed by atoms with E-state index >= 15 is 0 Å². The number of benzene rings is 1. The molecule has 3 nitrogen and oxygen atoms in total. The van der Waals surface area contributed by atoms with Crippen molar-refractivity contribution in [2.45, 2.75) is 20.0 Å². The van der Waals surface area contributed by atoms with Crippen LogP contribution >= 0.6 is 11.6 Å². The number of aromatic nitrogens is 1. The molecular weight excluding hydrogens is 226 g/mol. The number of H-pyrrole nitrogens is 1. The highest BCUT2D eigenvalue weighted by molar-refractivity contribution is 6.32. The third kappa shape index (κ3) is 1.67. The van der Waals surface area contributed by atoms with Gasteiger partial charge < -0.3 is 9.72 Å². The van der Waals surface area contributed by atoms with Crippen molar-refractivity contribution in [3.8, 4) is 0 Å². The second kappa shape index (κ2) is 4.18. The number of fused-ring (bicyclic) bond motifs is 1. The van der Waals surface area contributed by atoms with Crippen LogP contribution in [-0.2, 0) is 9.53 Å². The van der Waals surface area contributed by atoms with Gasteiger partial charge in [-0.25, -0.2) is 0 Å². The average molecular weight is 238 g/mol. The van der Waals surface area contributed by atoms with Crippen LogP contribution in [0.1, 0.15) is 24.2 Å². The van der Waals surface area contributed by atoms with E-state index in [2.05, 4.69) is 4.98 Å². The van der Waals surface area contributed by atoms with Gasteiger partial charge in [0.05, 0.1) is 0 Å². The van der Waals surface area contributed by atoms with Crippen molar-refractivity contribution in [3.63, 3.8) is 0 Å². The minimum Gasteiger partial charge on any atom is -0.460 e. The number of rotatable bonds is 3. The molecule has 0 saturated heterocycles. The van der Waals surface area contributed by atoms with Gasteiger partial charge in [-0.2, -0.15) is 0 Å². The van der Waals surface area contributed by atoms with Gasteiger partial charge in [0, 0.05) is 27.7 Å². The number of halogens is 1. The van der Waals surface area contributed by atoms with Crippen molar-refractivity contribution in [3.05, 3.63) is 34.5 Å². The molecule has 0 saturated carbocycles. The molecule has 84 valence electrons. The molecule has 0 aliphatic heterocycles. The molecule has 0 radical (unpaired) electrons. The van der Waals surface area contributed by atoms with E-state index in [0.29, 0.717) is 11.5 Å². The smallest absolute Gasteiger partial charge is 0.293 e. The fourth-order valence-electron chi connectivity index (χ4n) is 1.88. The van der Waals surface area contributed by atoms with E-state index in [0.717, 1.165) is 22.0 Å². The van der Waals surface area contributed by atoms with Crippen LogP contribution < -0.4 is 0 Å². The standard InChI is InChI=1S/C12H12ClNO2/c1-7-10(13)3-4-11-12(7)9(5-14-11)8(2)16-6-15/h3-6,8,14H,1-2H3. The molecule has 1 N–H and O–H groups in total. The number of aromatic amines is 1. The van der Waals surface area contributed by atoms with Gasteiger partial charge in [0.2, 0.25) is 0 Å². The molecule has 2 aromatic rings. The van der Waals surface area contributed by atoms with Crippen LogP contribution in [0.25, 0.3) is 10.9 Å². The Labute approximate surface area is 98.4 Å². The SMILES string of the molecule is Cc1c(Cl)ccc2[nH]cc(C(C)OC=O)c12. The van der Waals surface area contributed by atoms with Gasteiger partial charge >= 0.3 is 0 Å². The second-order valence-electron chi connectivity index (χ2n) is 3.71. The zero-order valence-corrected chi connectivity index (χ0v) is 9.84. The summed E-state index contributed by atoms with van der Waals surface area (Å²) < 4.78 is 4.95. The maximum absolute atomic E-state index is 10.3. The second-order valence-corrected chi connectivity index (χ2v) is 4.12. The van der Waals surface area contributed by atoms with Crippen molar-refractivity contribution in [1.82, 2.24) is 4.98 Å². The zero-order valence-electron chi connectivity index (χ0n) is 9.08. The molecular formula is C12H12ClNO2. The minimum absolute atomic E-state index is 0.275. The van der Waals surface area contributed by atoms with E-state index in [4.69, 9.17) is 16.3 Å². The lowest BCUT2D eigenvalue weighted by Gasteiger charge is -2.09. The molecule has 1 heterocycles. The summed E-state index contributed by atoms with van der Waals surface area (Å²) in [5.74, 6) is 0. The summed E-state index contributed by atoms with van der Waals surface area (Å²) in [7, 11) is 0. The van der Waals surface area contributed by atoms with E-state index < -0.39 is 0 Å². The largest absolute Gasteiger partial charge is 0.460 e. The van der Waals surface area contributed by atoms with Gasteiger partial charge in [-0.05, 0) is 31.5 Å². The van der Waals surface area contributed by atoms with Gasteiger partial charge in [0.25, 0.3) is 6.47 Å². The summed E-state index contributed by atoms with van der Waals surface area (Å²) in [5, 5.41) is 1.74. The van der Waals surface area contributed by atoms with E-state index in [1.807, 2.05) is 32.2 Å². The monoisotopic (exact) mass is 237 g/mol. The first kappa shape index (κ1) is 11.0. The lowest BCUT2D eigenvalue weighted by Crippen LogP contribution is -1.97. The number of hydrogen-bond donors (Lipinski definition) is 1. The summed E-state index contributed by atoms with van der Waals surface area (Å²) in [6.07, 6.45) is 1.57. The van der Waals surface area contributed by atoms with Crippen LogP contribution in [0.4, 0.5) is 0 Å². The quantitative estimate of drug-likeness (QED) is 0.832. The van der Waals surface area contributed by atoms with Gasteiger partial charge in [0.1, 0.15) is 6.10 Å². The van der Waals surface area contributed by atoms with Gasteiger partial charge in [0.15, 0.2) is 0 Å². The predicted octanol–water partition coefficient (Wildman–Crippen LogP) is 3.36. The van der Waals surface area contributed by atoms with Crippen molar-refractivity contribution >= 4 is 29.0 Å². The summed E-state index contributed by atoms with van der Waals surface area (Å²) in [5.41, 5.74) is 2.94. The first-order valence-corrected chi connectivity index (χ1v) is 5.38. The van der Waals surface area contributed by atoms with E-state index in [1.165, 1.54) is 0 Å². The van der Waals surface area contributed by atoms with Crippen LogP contribution in [0.15, 0.2) is 18.3 Å². The van der Waals surface area contributed by atoms with Crippen molar-refractivity contribution in [2.24, 2.45) is 0 Å². The summed E-state index contributed by atoms with van der Waals surface area (Å²) in [4.78, 5) is 13.5. The molecule has 0 amide bonds. The summed E-state index contributed by atoms with van der Waals surface area (Å²) >= 11 is 6.07. The molecule has 0 bridgehead atoms. The first-order valence-electron chi connectivity index (χ1n) is 5.00. The highest BCUT2D eigenvalue weighted by atomic mass is 35.5. The number of carbonyl (C=O) groups excluding carboxylic acids is 1. The third-order valence-electron chi connectivity index (χ3n) is 2.77. The van der Waals surface area contributed by atoms with Crippen LogP contribution in [0, 0.1) is 6.92 Å². The summed E-state index contributed by atoms with van der Waals surface area (Å²) in [6.45, 7) is 4.25. The lowest BCUT2D eigenvalue weighted by atomic mass is 10.0. The maximum Gasteiger partial charge on any atom is 0.293 e. The van der Waals surface area contributed by atoms with Crippen LogP contribution in [-0.4, -0.2) is 11.5 Å². The molecule has 0 fully saturated rings. The van der Waals surface area contributed by atoms with E-state index in [-0.39, 0.29) is 6.10 Å². The topological polar surface area (TPSA) is 42.1 Å². The Hall–Kier alpha value is -1.48. The minimum atomic E-state index is -0.275. The van der Waals surface area contributed by atoms with Crippen molar-refractivity contribution < 1.29 is 9.53 Å². The molecule has 2 rings (SSSR count). The van der Waals surface area contributed by atoms with E-state index in [1.54, 1.807) is 0 Å². The average Bonchev–Trinajstić information content (AvgIpc) is 2.68. The molecule has 16 heavy (non-hydrogen) atoms. The number of nitrogens with one attached hydrogen (secondary N) is 1. The molecule has 0 spiro atoms. The molecule has 0 aliphatic carbocycles. The van der Waals surface area contributed by atoms with E-state index in [9.17, 15) is 4.79 Å². The Morgan fingerprint density at radius 3 is 2.94 bits per heavy atom. The highest BCUT2D eigenvalue weighted by Gasteiger charge is 2.14. The Morgan fingerprint density at radius 2 is 2.25 bits per heavy atom. The normalized spacial score (nSPS) is 12.7. The number of aryl methyl sites for hydroxylation is 1. The molecule has 1 aromatic heterocycles. The van der Waals surface area contributed by atoms with Crippen LogP contribution in [0.5, 0.6) is 0 Å². The number of ether oxygens (including phenoxy) is 1. The van der Waals surface area contributed by atoms with Crippen LogP contribution in [0.3, 0.4) is 0 Å². The zero-order chi connectivity index (χ0) is 11.7. The Bertz CT molecular complexity index is 533. The molecule has 4 heteroatoms. The highest BCUT2D eigenvalue weighted by Crippen LogP contribution is 2.32. The Kier molecular flexibility index (Phi) is 2.88. The fraction of sp³-hybridized carbons (Fsp3) is 0.250. The van der Waals surface area contributed by atoms with Crippen molar-refractivity contribution in [2.75, 3.05) is 0 Å². The molecule has 1 aromatic carbocycles. The Balaban J connectivity index is 2.62. The van der Waals surface area contributed by atoms with Crippen molar-refractivity contribution in [1.29, 1.82) is 0 Å². The lowest BCUT2D eigenvalue weighted by molar-refractivity contribution is -0.133. The maximum atomic E-state index is 10.3. The number of hydrogen-bond acceptors (Lipinski definition) is 2. The fourth-order valence-corrected chi connectivity index (χ4v) is 2.04. The summed E-state index contributed by atoms with van der Waals surface area (Å²) in [6, 6.07) is 3.77. The molecule has 1 atom stereocenters. The van der Waals surface area contributed by atoms with Gasteiger partial charge in [-0.3, -0.25) is 4.79 Å². The van der Waals surface area contributed by atoms with Crippen LogP contribution in [0.2, 0.25) is 5.02 Å². The van der Waals surface area contributed by atoms with Gasteiger partial charge in [-0.15, -0.1) is 0 Å². The molecule has 1 unspecified atom stereocenters. The number of carbonyl (C=O) groups is 1. The first-order chi connectivity index (χ1) is 7.65. The third-order valence-corrected chi connectivity index (χ3v) is 3.18. The van der Waals surface area contributed by atoms with Gasteiger partial charge in [-0.1, -0.05) is 11.6 Å². The predicted molar refractivity (Wildman–Crippen MR) is 63.6 cm³/mol. The molecule has 0 aliphatic rings.